The molecule has 0 saturated carbocycles. The molecule has 0 radical (unpaired) electrons. The zero-order valence-corrected chi connectivity index (χ0v) is 59.9. The van der Waals surface area contributed by atoms with Gasteiger partial charge in [0.15, 0.2) is 33.3 Å². The lowest BCUT2D eigenvalue weighted by Crippen LogP contribution is -2.62. The maximum Gasteiger partial charge on any atom is 0.311 e. The number of esters is 1. The lowest BCUT2D eigenvalue weighted by Gasteiger charge is -2.50. The summed E-state index contributed by atoms with van der Waals surface area (Å²) >= 11 is 0. The topological polar surface area (TPSA) is 100 Å². The van der Waals surface area contributed by atoms with Gasteiger partial charge >= 0.3 is 5.97 Å². The lowest BCUT2D eigenvalue weighted by atomic mass is 9.81. The summed E-state index contributed by atoms with van der Waals surface area (Å²) in [6.07, 6.45) is 11.9. The first-order valence-corrected chi connectivity index (χ1v) is 41.4. The average molecular weight is 1170 g/mol. The molecule has 0 aliphatic carbocycles. The summed E-state index contributed by atoms with van der Waals surface area (Å²) in [4.78, 5) is 14.1. The van der Waals surface area contributed by atoms with Crippen LogP contribution in [-0.4, -0.2) is 103 Å². The van der Waals surface area contributed by atoms with Crippen molar-refractivity contribution in [3.05, 3.63) is 78.4 Å². The number of ether oxygens (including phenoxy) is 5. The summed E-state index contributed by atoms with van der Waals surface area (Å²) in [5.74, 6) is 0.432. The van der Waals surface area contributed by atoms with Crippen LogP contribution >= 0.6 is 0 Å². The van der Waals surface area contributed by atoms with Crippen LogP contribution in [-0.2, 0) is 48.1 Å². The van der Waals surface area contributed by atoms with Crippen molar-refractivity contribution in [3.8, 4) is 5.75 Å². The summed E-state index contributed by atoms with van der Waals surface area (Å²) in [7, 11) is -6.00. The van der Waals surface area contributed by atoms with E-state index in [0.29, 0.717) is 13.0 Å². The van der Waals surface area contributed by atoms with Crippen LogP contribution in [0, 0.1) is 35.5 Å². The van der Waals surface area contributed by atoms with E-state index >= 15 is 0 Å². The molecule has 13 atom stereocenters. The van der Waals surface area contributed by atoms with Crippen LogP contribution in [0.4, 0.5) is 0 Å². The first kappa shape index (κ1) is 73.1. The zero-order valence-electron chi connectivity index (χ0n) is 55.9. The van der Waals surface area contributed by atoms with Gasteiger partial charge in [-0.25, -0.2) is 0 Å². The van der Waals surface area contributed by atoms with Crippen LogP contribution in [0.25, 0.3) is 0 Å². The van der Waals surface area contributed by atoms with Gasteiger partial charge in [0.2, 0.25) is 0 Å². The predicted octanol–water partition coefficient (Wildman–Crippen LogP) is 17.9. The SMILES string of the molecule is C=C/C=C\[C@H](C)[C@H](OCc1ccc(OC)cc1)[C@@H](C)[C@H](O[Si](C)(C)C(C)(C)C)[C@@H](C)C/C(C)=C\[C@H](C)[C@@H](OCOC)[C@@H](C)/C=C\[C@H](CC1OC(=O)[C@H](C)[C@@H](O[Si](C)(C)C(C)(C)C)[C@H]1O[Si](C)(C)C(C)(C)C)O[Si](C)(C)C(C)(C)C. The van der Waals surface area contributed by atoms with Crippen LogP contribution in [0.15, 0.2) is 72.9 Å². The van der Waals surface area contributed by atoms with Gasteiger partial charge in [-0.15, -0.1) is 0 Å². The van der Waals surface area contributed by atoms with Gasteiger partial charge in [-0.05, 0) is 116 Å². The van der Waals surface area contributed by atoms with Crippen molar-refractivity contribution < 1.29 is 46.2 Å². The number of carbonyl (C=O) groups excluding carboxylic acids is 1. The van der Waals surface area contributed by atoms with E-state index < -0.39 is 57.5 Å². The number of hydrogen-bond donors (Lipinski definition) is 0. The number of cyclic esters (lactones) is 1. The van der Waals surface area contributed by atoms with E-state index in [4.69, 9.17) is 41.4 Å². The standard InChI is InChI=1S/C65H120O10Si4/c1-31-32-33-46(3)57(69-43-52-35-38-53(68-22)39-36-52)50(7)58(73-77(25,26)63(12,13)14)49(6)41-45(2)40-48(5)56(70-44-67-21)47(4)34-37-54(72-76(23,24)62(9,10)11)42-55-60(75-79(29,30)65(18,19)20)59(51(8)61(66)71-55)74-78(27,28)64(15,16)17/h31-40,46-51,54-60H,1,41-44H2,2-30H3/b33-32-,37-34-,45-40-/t46-,47-,48-,49-,50+,51+,54+,55?,56-,57-,58+,59+,60-/m0/s1. The van der Waals surface area contributed by atoms with Gasteiger partial charge < -0.3 is 41.4 Å². The van der Waals surface area contributed by atoms with Crippen LogP contribution in [0.3, 0.4) is 0 Å². The number of methoxy groups -OCH3 is 2. The molecule has 1 unspecified atom stereocenters. The van der Waals surface area contributed by atoms with Crippen LogP contribution < -0.4 is 4.74 Å². The molecule has 456 valence electrons. The highest BCUT2D eigenvalue weighted by Crippen LogP contribution is 2.46. The summed E-state index contributed by atoms with van der Waals surface area (Å²) in [5, 5.41) is -0.192. The molecule has 0 bridgehead atoms. The fourth-order valence-corrected chi connectivity index (χ4v) is 15.0. The first-order valence-electron chi connectivity index (χ1n) is 29.8. The van der Waals surface area contributed by atoms with Crippen molar-refractivity contribution in [2.45, 2.75) is 266 Å². The summed E-state index contributed by atoms with van der Waals surface area (Å²) in [5.41, 5.74) is 2.38. The maximum atomic E-state index is 14.1. The summed E-state index contributed by atoms with van der Waals surface area (Å²) in [6.45, 7) is 65.8. The minimum absolute atomic E-state index is 0.0172. The highest BCUT2D eigenvalue weighted by atomic mass is 28.4. The smallest absolute Gasteiger partial charge is 0.311 e. The van der Waals surface area contributed by atoms with Crippen molar-refractivity contribution in [2.24, 2.45) is 35.5 Å². The Morgan fingerprint density at radius 2 is 1.14 bits per heavy atom. The quantitative estimate of drug-likeness (QED) is 0.0243. The molecule has 1 heterocycles. The average Bonchev–Trinajstić information content (AvgIpc) is 3.30. The molecule has 1 fully saturated rings. The van der Waals surface area contributed by atoms with E-state index in [9.17, 15) is 4.79 Å². The van der Waals surface area contributed by atoms with E-state index in [0.717, 1.165) is 17.7 Å². The van der Waals surface area contributed by atoms with Crippen LogP contribution in [0.2, 0.25) is 72.5 Å². The maximum absolute atomic E-state index is 14.1. The molecule has 0 amide bonds. The molecule has 1 saturated heterocycles. The van der Waals surface area contributed by atoms with Gasteiger partial charge in [-0.2, -0.15) is 0 Å². The Labute approximate surface area is 489 Å². The zero-order chi connectivity index (χ0) is 61.1. The monoisotopic (exact) mass is 1170 g/mol. The van der Waals surface area contributed by atoms with E-state index in [1.807, 2.05) is 31.2 Å². The minimum Gasteiger partial charge on any atom is -0.497 e. The molecular weight excluding hydrogens is 1050 g/mol. The second kappa shape index (κ2) is 29.7. The molecule has 1 aromatic rings. The Hall–Kier alpha value is -1.96. The van der Waals surface area contributed by atoms with E-state index in [1.165, 1.54) is 5.57 Å². The highest BCUT2D eigenvalue weighted by Gasteiger charge is 2.54. The lowest BCUT2D eigenvalue weighted by molar-refractivity contribution is -0.187. The third-order valence-electron chi connectivity index (χ3n) is 18.8. The molecule has 1 aromatic carbocycles. The molecule has 14 heteroatoms. The Balaban J connectivity index is 2.69. The van der Waals surface area contributed by atoms with Gasteiger partial charge in [0.05, 0.1) is 50.2 Å². The Kier molecular flexibility index (Phi) is 27.5. The largest absolute Gasteiger partial charge is 0.497 e. The van der Waals surface area contributed by atoms with Crippen LogP contribution in [0.5, 0.6) is 5.75 Å². The number of rotatable bonds is 30. The third-order valence-corrected chi connectivity index (χ3v) is 36.7. The molecule has 10 nitrogen and oxygen atoms in total. The number of carbonyl (C=O) groups is 1. The van der Waals surface area contributed by atoms with Crippen molar-refractivity contribution >= 4 is 39.2 Å². The third kappa shape index (κ3) is 21.3. The number of allylic oxidation sites excluding steroid dienone is 3. The van der Waals surface area contributed by atoms with Gasteiger partial charge in [-0.3, -0.25) is 4.79 Å². The van der Waals surface area contributed by atoms with E-state index in [-0.39, 0.29) is 86.9 Å². The van der Waals surface area contributed by atoms with Gasteiger partial charge in [0, 0.05) is 37.2 Å². The van der Waals surface area contributed by atoms with Crippen molar-refractivity contribution in [1.29, 1.82) is 0 Å². The van der Waals surface area contributed by atoms with Crippen molar-refractivity contribution in [2.75, 3.05) is 21.0 Å². The Morgan fingerprint density at radius 1 is 0.646 bits per heavy atom. The Morgan fingerprint density at radius 3 is 1.62 bits per heavy atom. The van der Waals surface area contributed by atoms with Crippen molar-refractivity contribution in [3.63, 3.8) is 0 Å². The van der Waals surface area contributed by atoms with Crippen LogP contribution in [0.1, 0.15) is 150 Å². The molecular formula is C65H120O10Si4. The molecule has 0 aromatic heterocycles. The second-order valence-electron chi connectivity index (χ2n) is 29.7. The van der Waals surface area contributed by atoms with E-state index in [2.05, 4.69) is 220 Å². The Bertz CT molecular complexity index is 2100. The van der Waals surface area contributed by atoms with Gasteiger partial charge in [-0.1, -0.05) is 178 Å². The molecule has 1 aliphatic rings. The normalized spacial score (nSPS) is 22.5. The number of benzene rings is 1. The summed E-state index contributed by atoms with van der Waals surface area (Å²) < 4.78 is 60.7. The predicted molar refractivity (Wildman–Crippen MR) is 343 cm³/mol. The second-order valence-corrected chi connectivity index (χ2v) is 48.8. The summed E-state index contributed by atoms with van der Waals surface area (Å²) in [6, 6.07) is 8.13. The molecule has 0 spiro atoms. The molecule has 2 rings (SSSR count). The van der Waals surface area contributed by atoms with Gasteiger partial charge in [0.1, 0.15) is 24.8 Å². The fourth-order valence-electron chi connectivity index (χ4n) is 9.51. The molecule has 0 N–H and O–H groups in total. The highest BCUT2D eigenvalue weighted by molar-refractivity contribution is 6.75. The van der Waals surface area contributed by atoms with E-state index in [1.54, 1.807) is 14.2 Å². The number of hydrogen-bond acceptors (Lipinski definition) is 10. The molecule has 1 aliphatic heterocycles. The van der Waals surface area contributed by atoms with Crippen molar-refractivity contribution in [1.82, 2.24) is 0 Å². The fraction of sp³-hybridized carbons (Fsp3) is 0.769. The molecule has 79 heavy (non-hydrogen) atoms. The van der Waals surface area contributed by atoms with Gasteiger partial charge in [0.25, 0.3) is 0 Å². The minimum atomic E-state index is -2.40. The first-order chi connectivity index (χ1) is 35.9.